The first kappa shape index (κ1) is 12.0. The summed E-state index contributed by atoms with van der Waals surface area (Å²) in [4.78, 5) is 2.71. The standard InChI is InChI=1S/C12H26N2/c1-4-6-11(3)14(9-5-2)12-7-8-13-10-12/h11-13H,4-10H2,1-3H3. The maximum atomic E-state index is 3.47. The summed E-state index contributed by atoms with van der Waals surface area (Å²) in [7, 11) is 0. The lowest BCUT2D eigenvalue weighted by Crippen LogP contribution is -2.43. The van der Waals surface area contributed by atoms with Crippen molar-refractivity contribution in [3.63, 3.8) is 0 Å². The van der Waals surface area contributed by atoms with Crippen LogP contribution in [0.3, 0.4) is 0 Å². The summed E-state index contributed by atoms with van der Waals surface area (Å²) in [6, 6.07) is 1.57. The van der Waals surface area contributed by atoms with Crippen LogP contribution in [0.25, 0.3) is 0 Å². The molecule has 0 aliphatic carbocycles. The molecule has 1 heterocycles. The molecule has 1 aliphatic heterocycles. The first-order chi connectivity index (χ1) is 6.79. The normalized spacial score (nSPS) is 24.4. The van der Waals surface area contributed by atoms with Crippen molar-refractivity contribution in [3.8, 4) is 0 Å². The molecular formula is C12H26N2. The second-order valence-corrected chi connectivity index (χ2v) is 4.52. The number of hydrogen-bond donors (Lipinski definition) is 1. The van der Waals surface area contributed by atoms with E-state index in [1.54, 1.807) is 0 Å². The second kappa shape index (κ2) is 6.41. The second-order valence-electron chi connectivity index (χ2n) is 4.52. The molecule has 2 heteroatoms. The van der Waals surface area contributed by atoms with E-state index in [2.05, 4.69) is 31.0 Å². The summed E-state index contributed by atoms with van der Waals surface area (Å²) in [5, 5.41) is 3.47. The van der Waals surface area contributed by atoms with Crippen LogP contribution in [0.2, 0.25) is 0 Å². The van der Waals surface area contributed by atoms with Gasteiger partial charge in [0, 0.05) is 18.6 Å². The van der Waals surface area contributed by atoms with Crippen molar-refractivity contribution in [1.29, 1.82) is 0 Å². The Balaban J connectivity index is 2.43. The van der Waals surface area contributed by atoms with E-state index in [1.807, 2.05) is 0 Å². The van der Waals surface area contributed by atoms with Crippen molar-refractivity contribution in [2.45, 2.75) is 58.5 Å². The Morgan fingerprint density at radius 2 is 2.14 bits per heavy atom. The van der Waals surface area contributed by atoms with E-state index in [4.69, 9.17) is 0 Å². The van der Waals surface area contributed by atoms with Crippen molar-refractivity contribution >= 4 is 0 Å². The average Bonchev–Trinajstić information content (AvgIpc) is 2.67. The van der Waals surface area contributed by atoms with Gasteiger partial charge in [0.05, 0.1) is 0 Å². The molecule has 1 N–H and O–H groups in total. The molecule has 1 fully saturated rings. The Kier molecular flexibility index (Phi) is 5.49. The lowest BCUT2D eigenvalue weighted by atomic mass is 10.1. The molecule has 0 aromatic heterocycles. The zero-order valence-electron chi connectivity index (χ0n) is 10.1. The number of rotatable bonds is 6. The summed E-state index contributed by atoms with van der Waals surface area (Å²) >= 11 is 0. The van der Waals surface area contributed by atoms with Crippen molar-refractivity contribution in [2.75, 3.05) is 19.6 Å². The largest absolute Gasteiger partial charge is 0.315 e. The molecule has 0 radical (unpaired) electrons. The Hall–Kier alpha value is -0.0800. The molecule has 0 spiro atoms. The number of hydrogen-bond acceptors (Lipinski definition) is 2. The predicted octanol–water partition coefficient (Wildman–Crippen LogP) is 2.25. The fraction of sp³-hybridized carbons (Fsp3) is 1.00. The van der Waals surface area contributed by atoms with Gasteiger partial charge in [0.15, 0.2) is 0 Å². The van der Waals surface area contributed by atoms with E-state index in [-0.39, 0.29) is 0 Å². The molecule has 0 saturated carbocycles. The van der Waals surface area contributed by atoms with Crippen LogP contribution in [0.4, 0.5) is 0 Å². The fourth-order valence-electron chi connectivity index (χ4n) is 2.53. The number of nitrogens with zero attached hydrogens (tertiary/aromatic N) is 1. The van der Waals surface area contributed by atoms with Gasteiger partial charge in [-0.25, -0.2) is 0 Å². The smallest absolute Gasteiger partial charge is 0.0235 e. The van der Waals surface area contributed by atoms with Crippen molar-refractivity contribution < 1.29 is 0 Å². The summed E-state index contributed by atoms with van der Waals surface area (Å²) in [5.41, 5.74) is 0. The maximum Gasteiger partial charge on any atom is 0.0235 e. The molecule has 2 unspecified atom stereocenters. The summed E-state index contributed by atoms with van der Waals surface area (Å²) < 4.78 is 0. The van der Waals surface area contributed by atoms with Crippen LogP contribution >= 0.6 is 0 Å². The van der Waals surface area contributed by atoms with Gasteiger partial charge in [-0.1, -0.05) is 20.3 Å². The van der Waals surface area contributed by atoms with Gasteiger partial charge in [-0.2, -0.15) is 0 Å². The van der Waals surface area contributed by atoms with Crippen molar-refractivity contribution in [1.82, 2.24) is 10.2 Å². The fourth-order valence-corrected chi connectivity index (χ4v) is 2.53. The van der Waals surface area contributed by atoms with Crippen LogP contribution in [0.15, 0.2) is 0 Å². The van der Waals surface area contributed by atoms with Gasteiger partial charge in [0.25, 0.3) is 0 Å². The van der Waals surface area contributed by atoms with E-state index in [9.17, 15) is 0 Å². The molecule has 0 aromatic carbocycles. The monoisotopic (exact) mass is 198 g/mol. The van der Waals surface area contributed by atoms with Gasteiger partial charge in [-0.3, -0.25) is 4.90 Å². The lowest BCUT2D eigenvalue weighted by molar-refractivity contribution is 0.145. The van der Waals surface area contributed by atoms with Crippen molar-refractivity contribution in [2.24, 2.45) is 0 Å². The summed E-state index contributed by atoms with van der Waals surface area (Å²) in [6.45, 7) is 10.6. The molecule has 0 amide bonds. The minimum absolute atomic E-state index is 0.768. The predicted molar refractivity (Wildman–Crippen MR) is 62.6 cm³/mol. The third-order valence-electron chi connectivity index (χ3n) is 3.26. The maximum absolute atomic E-state index is 3.47. The summed E-state index contributed by atoms with van der Waals surface area (Å²) in [5.74, 6) is 0. The van der Waals surface area contributed by atoms with Crippen LogP contribution in [0.5, 0.6) is 0 Å². The SMILES string of the molecule is CCCC(C)N(CCC)C1CCNC1. The third-order valence-corrected chi connectivity index (χ3v) is 3.26. The van der Waals surface area contributed by atoms with Gasteiger partial charge in [0.2, 0.25) is 0 Å². The highest BCUT2D eigenvalue weighted by Crippen LogP contribution is 2.15. The zero-order valence-corrected chi connectivity index (χ0v) is 10.1. The average molecular weight is 198 g/mol. The van der Waals surface area contributed by atoms with Gasteiger partial charge in [-0.05, 0) is 39.3 Å². The lowest BCUT2D eigenvalue weighted by Gasteiger charge is -2.33. The minimum Gasteiger partial charge on any atom is -0.315 e. The Labute approximate surface area is 89.1 Å². The molecule has 1 aliphatic rings. The third kappa shape index (κ3) is 3.25. The van der Waals surface area contributed by atoms with E-state index in [1.165, 1.54) is 45.3 Å². The highest BCUT2D eigenvalue weighted by atomic mass is 15.2. The quantitative estimate of drug-likeness (QED) is 0.704. The molecule has 1 saturated heterocycles. The van der Waals surface area contributed by atoms with Gasteiger partial charge < -0.3 is 5.32 Å². The van der Waals surface area contributed by atoms with Gasteiger partial charge >= 0.3 is 0 Å². The van der Waals surface area contributed by atoms with Crippen LogP contribution in [-0.4, -0.2) is 36.6 Å². The molecule has 0 bridgehead atoms. The minimum atomic E-state index is 0.768. The van der Waals surface area contributed by atoms with Crippen LogP contribution in [0.1, 0.15) is 46.5 Å². The molecule has 2 nitrogen and oxygen atoms in total. The molecule has 0 aromatic rings. The Morgan fingerprint density at radius 1 is 1.36 bits per heavy atom. The van der Waals surface area contributed by atoms with E-state index in [0.29, 0.717) is 0 Å². The molecule has 84 valence electrons. The first-order valence-electron chi connectivity index (χ1n) is 6.26. The zero-order chi connectivity index (χ0) is 10.4. The van der Waals surface area contributed by atoms with E-state index < -0.39 is 0 Å². The van der Waals surface area contributed by atoms with Crippen LogP contribution in [0, 0.1) is 0 Å². The van der Waals surface area contributed by atoms with E-state index in [0.717, 1.165) is 12.1 Å². The topological polar surface area (TPSA) is 15.3 Å². The van der Waals surface area contributed by atoms with Gasteiger partial charge in [0.1, 0.15) is 0 Å². The highest BCUT2D eigenvalue weighted by Gasteiger charge is 2.24. The Morgan fingerprint density at radius 3 is 2.64 bits per heavy atom. The molecular weight excluding hydrogens is 172 g/mol. The van der Waals surface area contributed by atoms with Crippen LogP contribution in [-0.2, 0) is 0 Å². The summed E-state index contributed by atoms with van der Waals surface area (Å²) in [6.07, 6.45) is 5.27. The first-order valence-corrected chi connectivity index (χ1v) is 6.26. The van der Waals surface area contributed by atoms with Gasteiger partial charge in [-0.15, -0.1) is 0 Å². The van der Waals surface area contributed by atoms with E-state index >= 15 is 0 Å². The van der Waals surface area contributed by atoms with Crippen molar-refractivity contribution in [3.05, 3.63) is 0 Å². The van der Waals surface area contributed by atoms with Crippen LogP contribution < -0.4 is 5.32 Å². The molecule has 1 rings (SSSR count). The number of nitrogens with one attached hydrogen (secondary N) is 1. The molecule has 14 heavy (non-hydrogen) atoms. The Bertz CT molecular complexity index is 141. The molecule has 2 atom stereocenters. The highest BCUT2D eigenvalue weighted by molar-refractivity contribution is 4.83.